The number of hydrogen-bond acceptors (Lipinski definition) is 9. The first-order valence-corrected chi connectivity index (χ1v) is 17.4. The molecule has 1 aliphatic heterocycles. The smallest absolute Gasteiger partial charge is 0.263 e. The molecule has 39 heavy (non-hydrogen) atoms. The minimum Gasteiger partial charge on any atom is -0.748 e. The Morgan fingerprint density at radius 2 is 1.64 bits per heavy atom. The summed E-state index contributed by atoms with van der Waals surface area (Å²) in [6, 6.07) is 12.3. The Morgan fingerprint density at radius 3 is 2.33 bits per heavy atom. The van der Waals surface area contributed by atoms with Crippen LogP contribution in [0.4, 0.5) is 5.69 Å². The van der Waals surface area contributed by atoms with E-state index in [1.807, 2.05) is 26.0 Å². The average Bonchev–Trinajstić information content (AvgIpc) is 3.34. The third-order valence-electron chi connectivity index (χ3n) is 6.35. The van der Waals surface area contributed by atoms with E-state index in [-0.39, 0.29) is 12.8 Å². The summed E-state index contributed by atoms with van der Waals surface area (Å²) in [4.78, 5) is 3.14. The van der Waals surface area contributed by atoms with Crippen molar-refractivity contribution in [2.45, 2.75) is 51.5 Å². The third kappa shape index (κ3) is 7.92. The number of fused-ring (bicyclic) bond motifs is 2. The molecule has 1 aliphatic rings. The van der Waals surface area contributed by atoms with Crippen LogP contribution in [0.1, 0.15) is 42.3 Å². The van der Waals surface area contributed by atoms with Crippen LogP contribution in [0.25, 0.3) is 16.3 Å². The molecule has 12 heteroatoms. The van der Waals surface area contributed by atoms with Crippen LogP contribution < -0.4 is 9.47 Å². The largest absolute Gasteiger partial charge is 0.748 e. The summed E-state index contributed by atoms with van der Waals surface area (Å²) >= 11 is 3.21. The molecule has 0 fully saturated rings. The molecule has 4 rings (SSSR count). The second kappa shape index (κ2) is 12.1. The lowest BCUT2D eigenvalue weighted by Crippen LogP contribution is -2.36. The van der Waals surface area contributed by atoms with Crippen molar-refractivity contribution in [1.82, 2.24) is 0 Å². The molecule has 3 aromatic rings. The number of nitrogens with zero attached hydrogens (tertiary/aromatic N) is 2. The molecule has 8 nitrogen and oxygen atoms in total. The average molecular weight is 608 g/mol. The van der Waals surface area contributed by atoms with E-state index >= 15 is 0 Å². The summed E-state index contributed by atoms with van der Waals surface area (Å²) in [5.74, 6) is -0.835. The van der Waals surface area contributed by atoms with E-state index in [9.17, 15) is 25.9 Å². The van der Waals surface area contributed by atoms with E-state index in [0.717, 1.165) is 54.0 Å². The molecule has 0 spiro atoms. The second-order valence-electron chi connectivity index (χ2n) is 9.57. The van der Waals surface area contributed by atoms with Gasteiger partial charge in [0, 0.05) is 41.5 Å². The molecule has 0 N–H and O–H groups in total. The molecule has 0 aliphatic carbocycles. The van der Waals surface area contributed by atoms with E-state index in [2.05, 4.69) is 52.8 Å². The fourth-order valence-corrected chi connectivity index (χ4v) is 7.72. The van der Waals surface area contributed by atoms with Crippen molar-refractivity contribution in [1.29, 1.82) is 0 Å². The number of allylic oxidation sites excluding steroid dienone is 2. The number of benzene rings is 2. The van der Waals surface area contributed by atoms with Crippen LogP contribution in [0.3, 0.4) is 0 Å². The Labute approximate surface area is 238 Å². The standard InChI is InChI=1S/C27H32N2O6S4/c1-4-21(17-26-28(11-5-13-38(30,31)32)22-15-19(2)7-9-24(22)36-26)18-27-29(12-6-14-39(33,34)35)23-16-20(3)8-10-25(23)37-27/h7-10,15-18H,4-6,11-14H2,1-3H3,(H-,30,31,32,33,34,35)/p-1. The Bertz CT molecular complexity index is 1660. The molecule has 0 unspecified atom stereocenters. The number of hydrogen-bond donors (Lipinski definition) is 0. The maximum absolute atomic E-state index is 11.2. The van der Waals surface area contributed by atoms with Gasteiger partial charge in [0.25, 0.3) is 5.01 Å². The van der Waals surface area contributed by atoms with Gasteiger partial charge in [0.05, 0.1) is 31.0 Å². The molecule has 2 heterocycles. The Balaban J connectivity index is 1.71. The second-order valence-corrected chi connectivity index (χ2v) is 14.7. The number of thiazole rings is 1. The monoisotopic (exact) mass is 607 g/mol. The molecule has 0 atom stereocenters. The van der Waals surface area contributed by atoms with Crippen molar-refractivity contribution in [3.05, 3.63) is 69.2 Å². The van der Waals surface area contributed by atoms with Gasteiger partial charge in [0.15, 0.2) is 6.54 Å². The van der Waals surface area contributed by atoms with Crippen molar-refractivity contribution < 1.29 is 30.5 Å². The molecule has 0 bridgehead atoms. The topological polar surface area (TPSA) is 122 Å². The zero-order valence-electron chi connectivity index (χ0n) is 22.0. The van der Waals surface area contributed by atoms with Crippen LogP contribution in [0, 0.1) is 13.8 Å². The molecule has 0 saturated heterocycles. The summed E-state index contributed by atoms with van der Waals surface area (Å²) in [5.41, 5.74) is 5.21. The van der Waals surface area contributed by atoms with Gasteiger partial charge >= 0.3 is 0 Å². The molecule has 0 amide bonds. The van der Waals surface area contributed by atoms with Gasteiger partial charge in [-0.2, -0.15) is 4.57 Å². The Morgan fingerprint density at radius 1 is 0.974 bits per heavy atom. The summed E-state index contributed by atoms with van der Waals surface area (Å²) in [5, 5.41) is 1.90. The first-order valence-electron chi connectivity index (χ1n) is 12.6. The molecular weight excluding hydrogens is 577 g/mol. The highest BCUT2D eigenvalue weighted by atomic mass is 32.2. The SMILES string of the molecule is CCC(/C=C1\Sc2ccc(C)cc2N1CCCS(=O)(=O)[O-])=C\c1sc2ccc(C)cc2[n+]1CCCS(=O)(=O)[O-]. The van der Waals surface area contributed by atoms with Gasteiger partial charge in [-0.25, -0.2) is 16.8 Å². The van der Waals surface area contributed by atoms with Crippen molar-refractivity contribution in [3.8, 4) is 0 Å². The fourth-order valence-electron chi connectivity index (χ4n) is 4.46. The van der Waals surface area contributed by atoms with Crippen LogP contribution in [0.15, 0.2) is 58.0 Å². The molecule has 210 valence electrons. The van der Waals surface area contributed by atoms with Gasteiger partial charge in [0.2, 0.25) is 5.52 Å². The maximum atomic E-state index is 11.2. The zero-order valence-corrected chi connectivity index (χ0v) is 25.3. The fraction of sp³-hybridized carbons (Fsp3) is 0.370. The summed E-state index contributed by atoms with van der Waals surface area (Å²) < 4.78 is 70.4. The lowest BCUT2D eigenvalue weighted by molar-refractivity contribution is -0.668. The van der Waals surface area contributed by atoms with Gasteiger partial charge in [-0.05, 0) is 67.7 Å². The first-order chi connectivity index (χ1) is 18.3. The zero-order chi connectivity index (χ0) is 28.4. The van der Waals surface area contributed by atoms with Crippen molar-refractivity contribution in [2.75, 3.05) is 23.0 Å². The lowest BCUT2D eigenvalue weighted by Gasteiger charge is -2.21. The number of aromatic nitrogens is 1. The molecule has 0 saturated carbocycles. The number of anilines is 1. The molecule has 1 aromatic heterocycles. The van der Waals surface area contributed by atoms with Crippen molar-refractivity contribution in [3.63, 3.8) is 0 Å². The van der Waals surface area contributed by atoms with E-state index < -0.39 is 31.7 Å². The third-order valence-corrected chi connectivity index (χ3v) is 10.2. The van der Waals surface area contributed by atoms with Crippen LogP contribution in [0.5, 0.6) is 0 Å². The van der Waals surface area contributed by atoms with Crippen LogP contribution in [0.2, 0.25) is 0 Å². The molecular formula is C27H31N2O6S4-. The number of aryl methyl sites for hydroxylation is 3. The van der Waals surface area contributed by atoms with Gasteiger partial charge in [-0.15, -0.1) is 0 Å². The van der Waals surface area contributed by atoms with Crippen LogP contribution >= 0.6 is 23.1 Å². The van der Waals surface area contributed by atoms with Crippen LogP contribution in [-0.4, -0.2) is 44.0 Å². The summed E-state index contributed by atoms with van der Waals surface area (Å²) in [6.45, 7) is 6.87. The Kier molecular flexibility index (Phi) is 9.24. The normalized spacial score (nSPS) is 15.5. The van der Waals surface area contributed by atoms with E-state index in [0.29, 0.717) is 13.1 Å². The maximum Gasteiger partial charge on any atom is 0.263 e. The minimum absolute atomic E-state index is 0.223. The summed E-state index contributed by atoms with van der Waals surface area (Å²) in [6.07, 6.45) is 5.35. The summed E-state index contributed by atoms with van der Waals surface area (Å²) in [7, 11) is -8.60. The van der Waals surface area contributed by atoms with E-state index in [4.69, 9.17) is 0 Å². The van der Waals surface area contributed by atoms with Crippen molar-refractivity contribution >= 4 is 65.3 Å². The highest BCUT2D eigenvalue weighted by Gasteiger charge is 2.26. The van der Waals surface area contributed by atoms with Crippen LogP contribution in [-0.2, 0) is 26.8 Å². The minimum atomic E-state index is -4.30. The lowest BCUT2D eigenvalue weighted by atomic mass is 10.1. The highest BCUT2D eigenvalue weighted by Crippen LogP contribution is 2.47. The highest BCUT2D eigenvalue weighted by molar-refractivity contribution is 8.03. The predicted molar refractivity (Wildman–Crippen MR) is 156 cm³/mol. The number of thioether (sulfide) groups is 1. The van der Waals surface area contributed by atoms with E-state index in [1.165, 1.54) is 0 Å². The van der Waals surface area contributed by atoms with Gasteiger partial charge in [0.1, 0.15) is 4.70 Å². The molecule has 2 aromatic carbocycles. The quantitative estimate of drug-likeness (QED) is 0.222. The van der Waals surface area contributed by atoms with Gasteiger partial charge in [-0.1, -0.05) is 42.2 Å². The van der Waals surface area contributed by atoms with Gasteiger partial charge < -0.3 is 14.0 Å². The molecule has 0 radical (unpaired) electrons. The van der Waals surface area contributed by atoms with Gasteiger partial charge in [-0.3, -0.25) is 0 Å². The Hall–Kier alpha value is -2.22. The number of rotatable bonds is 11. The van der Waals surface area contributed by atoms with Crippen molar-refractivity contribution in [2.24, 2.45) is 0 Å². The first kappa shape index (κ1) is 29.8. The van der Waals surface area contributed by atoms with E-state index in [1.54, 1.807) is 23.1 Å². The predicted octanol–water partition coefficient (Wildman–Crippen LogP) is 4.92.